The van der Waals surface area contributed by atoms with Crippen LogP contribution in [0.25, 0.3) is 0 Å². The van der Waals surface area contributed by atoms with Crippen LogP contribution in [0, 0.1) is 0 Å². The molecule has 102 valence electrons. The number of rotatable bonds is 6. The molecule has 0 aliphatic heterocycles. The van der Waals surface area contributed by atoms with Crippen molar-refractivity contribution in [1.82, 2.24) is 9.13 Å². The number of para-hydroxylation sites is 1. The molecule has 2 aromatic rings. The number of aryl methyl sites for hydroxylation is 1. The molecule has 1 aromatic carbocycles. The van der Waals surface area contributed by atoms with Gasteiger partial charge in [0.15, 0.2) is 0 Å². The summed E-state index contributed by atoms with van der Waals surface area (Å²) in [5, 5.41) is 3.34. The third-order valence-electron chi connectivity index (χ3n) is 3.11. The van der Waals surface area contributed by atoms with Gasteiger partial charge in [0.2, 0.25) is 0 Å². The Labute approximate surface area is 113 Å². The van der Waals surface area contributed by atoms with Crippen LogP contribution in [0.1, 0.15) is 26.3 Å². The fourth-order valence-corrected chi connectivity index (χ4v) is 2.03. The first-order chi connectivity index (χ1) is 9.18. The van der Waals surface area contributed by atoms with E-state index < -0.39 is 0 Å². The zero-order valence-electron chi connectivity index (χ0n) is 11.5. The molecule has 0 aliphatic carbocycles. The average Bonchev–Trinajstić information content (AvgIpc) is 2.77. The van der Waals surface area contributed by atoms with E-state index in [9.17, 15) is 4.79 Å². The maximum absolute atomic E-state index is 12.0. The lowest BCUT2D eigenvalue weighted by atomic mass is 10.3. The van der Waals surface area contributed by atoms with Crippen molar-refractivity contribution in [1.29, 1.82) is 0 Å². The largest absolute Gasteiger partial charge is 0.385 e. The Morgan fingerprint density at radius 2 is 1.89 bits per heavy atom. The predicted octanol–water partition coefficient (Wildman–Crippen LogP) is 2.73. The molecule has 0 radical (unpaired) electrons. The van der Waals surface area contributed by atoms with E-state index in [1.165, 1.54) is 0 Å². The van der Waals surface area contributed by atoms with Gasteiger partial charge in [0.05, 0.1) is 0 Å². The van der Waals surface area contributed by atoms with Crippen LogP contribution in [-0.4, -0.2) is 15.7 Å². The second-order valence-electron chi connectivity index (χ2n) is 4.92. The molecule has 19 heavy (non-hydrogen) atoms. The van der Waals surface area contributed by atoms with Crippen LogP contribution >= 0.6 is 0 Å². The fourth-order valence-electron chi connectivity index (χ4n) is 2.03. The van der Waals surface area contributed by atoms with Gasteiger partial charge in [0.1, 0.15) is 0 Å². The van der Waals surface area contributed by atoms with E-state index in [-0.39, 0.29) is 11.7 Å². The Bertz CT molecular complexity index is 554. The average molecular weight is 259 g/mol. The number of imidazole rings is 1. The van der Waals surface area contributed by atoms with Crippen LogP contribution in [0.2, 0.25) is 0 Å². The summed E-state index contributed by atoms with van der Waals surface area (Å²) in [7, 11) is 0. The van der Waals surface area contributed by atoms with Crippen LogP contribution in [0.15, 0.2) is 47.5 Å². The third kappa shape index (κ3) is 3.50. The highest BCUT2D eigenvalue weighted by Gasteiger charge is 2.05. The van der Waals surface area contributed by atoms with Crippen molar-refractivity contribution in [2.45, 2.75) is 32.9 Å². The molecule has 0 saturated heterocycles. The number of nitrogens with zero attached hydrogens (tertiary/aromatic N) is 2. The molecule has 2 rings (SSSR count). The first-order valence-corrected chi connectivity index (χ1v) is 6.74. The van der Waals surface area contributed by atoms with E-state index >= 15 is 0 Å². The topological polar surface area (TPSA) is 39.0 Å². The van der Waals surface area contributed by atoms with E-state index in [1.54, 1.807) is 9.13 Å². The van der Waals surface area contributed by atoms with Gasteiger partial charge in [-0.2, -0.15) is 0 Å². The van der Waals surface area contributed by atoms with Crippen molar-refractivity contribution < 1.29 is 0 Å². The molecule has 0 unspecified atom stereocenters. The quantitative estimate of drug-likeness (QED) is 0.810. The van der Waals surface area contributed by atoms with E-state index in [0.717, 1.165) is 25.2 Å². The van der Waals surface area contributed by atoms with Gasteiger partial charge < -0.3 is 5.32 Å². The summed E-state index contributed by atoms with van der Waals surface area (Å²) in [5.74, 6) is 0. The van der Waals surface area contributed by atoms with Crippen LogP contribution < -0.4 is 11.0 Å². The Hall–Kier alpha value is -1.97. The highest BCUT2D eigenvalue weighted by Crippen LogP contribution is 2.05. The molecule has 1 heterocycles. The molecule has 0 spiro atoms. The Kier molecular flexibility index (Phi) is 4.44. The molecule has 0 aliphatic rings. The summed E-state index contributed by atoms with van der Waals surface area (Å²) >= 11 is 0. The maximum Gasteiger partial charge on any atom is 0.328 e. The van der Waals surface area contributed by atoms with Gasteiger partial charge >= 0.3 is 5.69 Å². The second-order valence-corrected chi connectivity index (χ2v) is 4.92. The summed E-state index contributed by atoms with van der Waals surface area (Å²) < 4.78 is 3.53. The molecule has 0 amide bonds. The van der Waals surface area contributed by atoms with Crippen molar-refractivity contribution in [2.75, 3.05) is 11.9 Å². The first kappa shape index (κ1) is 13.5. The molecule has 1 aromatic heterocycles. The molecule has 1 N–H and O–H groups in total. The standard InChI is InChI=1S/C15H21N3O/c1-13(2)18-12-11-17(15(18)19)10-6-9-16-14-7-4-3-5-8-14/h3-5,7-8,11-13,16H,6,9-10H2,1-2H3. The number of nitrogens with one attached hydrogen (secondary N) is 1. The SMILES string of the molecule is CC(C)n1ccn(CCCNc2ccccc2)c1=O. The number of anilines is 1. The summed E-state index contributed by atoms with van der Waals surface area (Å²) in [4.78, 5) is 12.0. The van der Waals surface area contributed by atoms with Crippen LogP contribution in [0.3, 0.4) is 0 Å². The minimum absolute atomic E-state index is 0.0784. The predicted molar refractivity (Wildman–Crippen MR) is 78.6 cm³/mol. The monoisotopic (exact) mass is 259 g/mol. The van der Waals surface area contributed by atoms with Crippen molar-refractivity contribution >= 4 is 5.69 Å². The number of hydrogen-bond donors (Lipinski definition) is 1. The Balaban J connectivity index is 1.82. The van der Waals surface area contributed by atoms with Gasteiger partial charge in [-0.15, -0.1) is 0 Å². The van der Waals surface area contributed by atoms with E-state index in [2.05, 4.69) is 5.32 Å². The summed E-state index contributed by atoms with van der Waals surface area (Å²) in [6, 6.07) is 10.3. The first-order valence-electron chi connectivity index (χ1n) is 6.74. The van der Waals surface area contributed by atoms with Gasteiger partial charge in [-0.1, -0.05) is 18.2 Å². The van der Waals surface area contributed by atoms with Crippen molar-refractivity contribution in [3.8, 4) is 0 Å². The lowest BCUT2D eigenvalue weighted by molar-refractivity contribution is 0.545. The zero-order valence-corrected chi connectivity index (χ0v) is 11.5. The van der Waals surface area contributed by atoms with Gasteiger partial charge in [0, 0.05) is 37.2 Å². The van der Waals surface area contributed by atoms with Crippen molar-refractivity contribution in [3.05, 3.63) is 53.2 Å². The number of hydrogen-bond acceptors (Lipinski definition) is 2. The second kappa shape index (κ2) is 6.27. The van der Waals surface area contributed by atoms with Crippen LogP contribution in [-0.2, 0) is 6.54 Å². The fraction of sp³-hybridized carbons (Fsp3) is 0.400. The van der Waals surface area contributed by atoms with Gasteiger partial charge in [-0.3, -0.25) is 9.13 Å². The highest BCUT2D eigenvalue weighted by atomic mass is 16.1. The molecule has 0 fully saturated rings. The Morgan fingerprint density at radius 1 is 1.16 bits per heavy atom. The molecule has 4 nitrogen and oxygen atoms in total. The molecule has 0 saturated carbocycles. The molecule has 4 heteroatoms. The molecular formula is C15H21N3O. The van der Waals surface area contributed by atoms with Gasteiger partial charge in [0.25, 0.3) is 0 Å². The van der Waals surface area contributed by atoms with Gasteiger partial charge in [-0.25, -0.2) is 4.79 Å². The number of benzene rings is 1. The van der Waals surface area contributed by atoms with Crippen molar-refractivity contribution in [3.63, 3.8) is 0 Å². The highest BCUT2D eigenvalue weighted by molar-refractivity contribution is 5.42. The third-order valence-corrected chi connectivity index (χ3v) is 3.11. The van der Waals surface area contributed by atoms with E-state index in [4.69, 9.17) is 0 Å². The zero-order chi connectivity index (χ0) is 13.7. The Morgan fingerprint density at radius 3 is 2.53 bits per heavy atom. The number of aromatic nitrogens is 2. The summed E-state index contributed by atoms with van der Waals surface area (Å²) in [6.45, 7) is 5.65. The van der Waals surface area contributed by atoms with Crippen LogP contribution in [0.4, 0.5) is 5.69 Å². The summed E-state index contributed by atoms with van der Waals surface area (Å²) in [5.41, 5.74) is 1.20. The minimum Gasteiger partial charge on any atom is -0.385 e. The maximum atomic E-state index is 12.0. The van der Waals surface area contributed by atoms with E-state index in [0.29, 0.717) is 0 Å². The normalized spacial score (nSPS) is 10.9. The summed E-state index contributed by atoms with van der Waals surface area (Å²) in [6.07, 6.45) is 4.65. The van der Waals surface area contributed by atoms with E-state index in [1.807, 2.05) is 56.6 Å². The lowest BCUT2D eigenvalue weighted by Gasteiger charge is -2.07. The van der Waals surface area contributed by atoms with Gasteiger partial charge in [-0.05, 0) is 32.4 Å². The lowest BCUT2D eigenvalue weighted by Crippen LogP contribution is -2.25. The van der Waals surface area contributed by atoms with Crippen molar-refractivity contribution in [2.24, 2.45) is 0 Å². The molecule has 0 bridgehead atoms. The minimum atomic E-state index is 0.0784. The smallest absolute Gasteiger partial charge is 0.328 e. The molecule has 0 atom stereocenters. The molecular weight excluding hydrogens is 238 g/mol. The van der Waals surface area contributed by atoms with Crippen LogP contribution in [0.5, 0.6) is 0 Å².